The van der Waals surface area contributed by atoms with Gasteiger partial charge < -0.3 is 9.73 Å². The van der Waals surface area contributed by atoms with Crippen LogP contribution in [0, 0.1) is 6.92 Å². The number of hydrogen-bond acceptors (Lipinski definition) is 5. The smallest absolute Gasteiger partial charge is 0.234 e. The maximum absolute atomic E-state index is 12.3. The molecule has 1 aliphatic heterocycles. The van der Waals surface area contributed by atoms with E-state index in [1.165, 1.54) is 0 Å². The molecule has 3 rings (SSSR count). The lowest BCUT2D eigenvalue weighted by Gasteiger charge is -2.23. The zero-order chi connectivity index (χ0) is 18.2. The standard InChI is InChI=1S/C18H24N2O4S/c1-12-15-6-4-5-7-16(15)24-18(12)13(2)19-17(21)10-20(3)14-8-9-25(22,23)11-14/h4-7,13-14H,8-11H2,1-3H3,(H,19,21)/t13-,14+/m0/s1. The first-order valence-corrected chi connectivity index (χ1v) is 10.3. The highest BCUT2D eigenvalue weighted by atomic mass is 32.2. The molecule has 2 heterocycles. The number of hydrogen-bond donors (Lipinski definition) is 1. The van der Waals surface area contributed by atoms with Crippen LogP contribution in [-0.4, -0.2) is 50.4 Å². The molecule has 1 aromatic heterocycles. The summed E-state index contributed by atoms with van der Waals surface area (Å²) in [4.78, 5) is 14.2. The van der Waals surface area contributed by atoms with Crippen molar-refractivity contribution in [3.63, 3.8) is 0 Å². The number of aryl methyl sites for hydroxylation is 1. The molecule has 1 amide bonds. The largest absolute Gasteiger partial charge is 0.459 e. The van der Waals surface area contributed by atoms with Crippen LogP contribution in [0.25, 0.3) is 11.0 Å². The number of carbonyl (C=O) groups excluding carboxylic acids is 1. The van der Waals surface area contributed by atoms with Crippen molar-refractivity contribution in [1.82, 2.24) is 10.2 Å². The Bertz CT molecular complexity index is 888. The number of rotatable bonds is 5. The maximum atomic E-state index is 12.3. The van der Waals surface area contributed by atoms with Gasteiger partial charge in [-0.15, -0.1) is 0 Å². The van der Waals surface area contributed by atoms with Crippen LogP contribution in [0.1, 0.15) is 30.7 Å². The highest BCUT2D eigenvalue weighted by Crippen LogP contribution is 2.29. The van der Waals surface area contributed by atoms with E-state index in [-0.39, 0.29) is 36.0 Å². The van der Waals surface area contributed by atoms with Gasteiger partial charge in [0, 0.05) is 17.0 Å². The molecular formula is C18H24N2O4S. The van der Waals surface area contributed by atoms with Crippen LogP contribution in [0.15, 0.2) is 28.7 Å². The van der Waals surface area contributed by atoms with Gasteiger partial charge in [-0.1, -0.05) is 18.2 Å². The predicted octanol–water partition coefficient (Wildman–Crippen LogP) is 2.04. The van der Waals surface area contributed by atoms with E-state index < -0.39 is 9.84 Å². The molecule has 2 aromatic rings. The number of sulfone groups is 1. The Labute approximate surface area is 148 Å². The number of likely N-dealkylation sites (N-methyl/N-ethyl adjacent to an activating group) is 1. The molecule has 0 spiro atoms. The van der Waals surface area contributed by atoms with E-state index >= 15 is 0 Å². The molecular weight excluding hydrogens is 340 g/mol. The number of benzene rings is 1. The summed E-state index contributed by atoms with van der Waals surface area (Å²) in [6.07, 6.45) is 0.588. The minimum atomic E-state index is -2.95. The Morgan fingerprint density at radius 1 is 1.40 bits per heavy atom. The summed E-state index contributed by atoms with van der Waals surface area (Å²) in [5.41, 5.74) is 1.84. The third-order valence-electron chi connectivity index (χ3n) is 4.88. The van der Waals surface area contributed by atoms with Crippen LogP contribution in [-0.2, 0) is 14.6 Å². The summed E-state index contributed by atoms with van der Waals surface area (Å²) in [6.45, 7) is 4.05. The number of nitrogens with one attached hydrogen (secondary N) is 1. The molecule has 0 aliphatic carbocycles. The van der Waals surface area contributed by atoms with Gasteiger partial charge in [-0.25, -0.2) is 8.42 Å². The maximum Gasteiger partial charge on any atom is 0.234 e. The minimum Gasteiger partial charge on any atom is -0.459 e. The first kappa shape index (κ1) is 17.9. The van der Waals surface area contributed by atoms with Gasteiger partial charge in [-0.05, 0) is 33.4 Å². The molecule has 1 N–H and O–H groups in total. The number of nitrogens with zero attached hydrogens (tertiary/aromatic N) is 1. The van der Waals surface area contributed by atoms with E-state index in [1.807, 2.05) is 43.0 Å². The lowest BCUT2D eigenvalue weighted by atomic mass is 10.1. The molecule has 6 nitrogen and oxygen atoms in total. The molecule has 136 valence electrons. The van der Waals surface area contributed by atoms with Gasteiger partial charge in [0.15, 0.2) is 9.84 Å². The molecule has 25 heavy (non-hydrogen) atoms. The van der Waals surface area contributed by atoms with Crippen LogP contribution in [0.4, 0.5) is 0 Å². The molecule has 0 saturated carbocycles. The summed E-state index contributed by atoms with van der Waals surface area (Å²) in [5, 5.41) is 4.00. The van der Waals surface area contributed by atoms with Crippen molar-refractivity contribution < 1.29 is 17.6 Å². The van der Waals surface area contributed by atoms with Crippen LogP contribution in [0.2, 0.25) is 0 Å². The van der Waals surface area contributed by atoms with Gasteiger partial charge in [0.25, 0.3) is 0 Å². The highest BCUT2D eigenvalue weighted by molar-refractivity contribution is 7.91. The number of fused-ring (bicyclic) bond motifs is 1. The average Bonchev–Trinajstić information content (AvgIpc) is 3.08. The van der Waals surface area contributed by atoms with Crippen LogP contribution in [0.3, 0.4) is 0 Å². The molecule has 1 aromatic carbocycles. The molecule has 1 aliphatic rings. The highest BCUT2D eigenvalue weighted by Gasteiger charge is 2.31. The van der Waals surface area contributed by atoms with E-state index in [4.69, 9.17) is 4.42 Å². The van der Waals surface area contributed by atoms with Crippen LogP contribution >= 0.6 is 0 Å². The van der Waals surface area contributed by atoms with E-state index in [1.54, 1.807) is 7.05 Å². The summed E-state index contributed by atoms with van der Waals surface area (Å²) < 4.78 is 29.0. The third-order valence-corrected chi connectivity index (χ3v) is 6.63. The second kappa shape index (κ2) is 6.80. The Morgan fingerprint density at radius 3 is 2.76 bits per heavy atom. The Hall–Kier alpha value is -1.86. The molecule has 0 bridgehead atoms. The second-order valence-electron chi connectivity index (χ2n) is 6.85. The molecule has 7 heteroatoms. The van der Waals surface area contributed by atoms with Crippen molar-refractivity contribution in [3.05, 3.63) is 35.6 Å². The van der Waals surface area contributed by atoms with Gasteiger partial charge in [0.2, 0.25) is 5.91 Å². The Kier molecular flexibility index (Phi) is 4.88. The van der Waals surface area contributed by atoms with E-state index in [0.717, 1.165) is 22.3 Å². The Balaban J connectivity index is 1.63. The fraction of sp³-hybridized carbons (Fsp3) is 0.500. The molecule has 1 fully saturated rings. The first-order valence-electron chi connectivity index (χ1n) is 8.45. The van der Waals surface area contributed by atoms with Crippen molar-refractivity contribution in [3.8, 4) is 0 Å². The molecule has 2 atom stereocenters. The van der Waals surface area contributed by atoms with E-state index in [2.05, 4.69) is 5.32 Å². The number of para-hydroxylation sites is 1. The fourth-order valence-corrected chi connectivity index (χ4v) is 5.24. The summed E-state index contributed by atoms with van der Waals surface area (Å²) in [5.74, 6) is 0.951. The van der Waals surface area contributed by atoms with E-state index in [0.29, 0.717) is 6.42 Å². The Morgan fingerprint density at radius 2 is 2.12 bits per heavy atom. The SMILES string of the molecule is Cc1c([C@H](C)NC(=O)CN(C)[C@@H]2CCS(=O)(=O)C2)oc2ccccc12. The van der Waals surface area contributed by atoms with Crippen LogP contribution in [0.5, 0.6) is 0 Å². The van der Waals surface area contributed by atoms with Crippen molar-refractivity contribution in [1.29, 1.82) is 0 Å². The second-order valence-corrected chi connectivity index (χ2v) is 9.08. The van der Waals surface area contributed by atoms with Gasteiger partial charge in [-0.3, -0.25) is 9.69 Å². The quantitative estimate of drug-likeness (QED) is 0.878. The van der Waals surface area contributed by atoms with Gasteiger partial charge in [0.1, 0.15) is 11.3 Å². The summed E-state index contributed by atoms with van der Waals surface area (Å²) >= 11 is 0. The zero-order valence-electron chi connectivity index (χ0n) is 14.8. The summed E-state index contributed by atoms with van der Waals surface area (Å²) in [7, 11) is -1.16. The number of amides is 1. The molecule has 0 unspecified atom stereocenters. The number of carbonyl (C=O) groups is 1. The third kappa shape index (κ3) is 3.88. The first-order chi connectivity index (χ1) is 11.8. The lowest BCUT2D eigenvalue weighted by molar-refractivity contribution is -0.123. The minimum absolute atomic E-state index is 0.0843. The van der Waals surface area contributed by atoms with Crippen LogP contribution < -0.4 is 5.32 Å². The van der Waals surface area contributed by atoms with Crippen molar-refractivity contribution in [2.45, 2.75) is 32.4 Å². The van der Waals surface area contributed by atoms with E-state index in [9.17, 15) is 13.2 Å². The fourth-order valence-electron chi connectivity index (χ4n) is 3.44. The normalized spacial score (nSPS) is 20.9. The van der Waals surface area contributed by atoms with Crippen molar-refractivity contribution >= 4 is 26.7 Å². The average molecular weight is 364 g/mol. The monoisotopic (exact) mass is 364 g/mol. The molecule has 0 radical (unpaired) electrons. The van der Waals surface area contributed by atoms with Gasteiger partial charge in [0.05, 0.1) is 24.1 Å². The van der Waals surface area contributed by atoms with Crippen molar-refractivity contribution in [2.24, 2.45) is 0 Å². The summed E-state index contributed by atoms with van der Waals surface area (Å²) in [6, 6.07) is 7.46. The van der Waals surface area contributed by atoms with Gasteiger partial charge >= 0.3 is 0 Å². The molecule has 1 saturated heterocycles. The van der Waals surface area contributed by atoms with Gasteiger partial charge in [-0.2, -0.15) is 0 Å². The lowest BCUT2D eigenvalue weighted by Crippen LogP contribution is -2.41. The van der Waals surface area contributed by atoms with Crippen molar-refractivity contribution in [2.75, 3.05) is 25.1 Å². The predicted molar refractivity (Wildman–Crippen MR) is 97.2 cm³/mol. The zero-order valence-corrected chi connectivity index (χ0v) is 15.6. The number of furan rings is 1. The topological polar surface area (TPSA) is 79.6 Å².